The normalized spacial score (nSPS) is 18.7. The van der Waals surface area contributed by atoms with E-state index in [4.69, 9.17) is 0 Å². The van der Waals surface area contributed by atoms with Crippen molar-refractivity contribution in [3.05, 3.63) is 12.7 Å². The SMILES string of the molecule is C=CCCCC1(C(=O)NSI)CCCC1. The average molecular weight is 339 g/mol. The van der Waals surface area contributed by atoms with Gasteiger partial charge in [-0.15, -0.1) is 6.58 Å². The second-order valence-electron chi connectivity index (χ2n) is 4.18. The van der Waals surface area contributed by atoms with Crippen LogP contribution in [0.2, 0.25) is 0 Å². The van der Waals surface area contributed by atoms with E-state index >= 15 is 0 Å². The maximum absolute atomic E-state index is 12.0. The van der Waals surface area contributed by atoms with Crippen molar-refractivity contribution in [1.29, 1.82) is 0 Å². The third-order valence-electron chi connectivity index (χ3n) is 3.24. The van der Waals surface area contributed by atoms with Crippen molar-refractivity contribution >= 4 is 36.2 Å². The summed E-state index contributed by atoms with van der Waals surface area (Å²) in [7, 11) is 1.38. The van der Waals surface area contributed by atoms with E-state index in [9.17, 15) is 4.79 Å². The van der Waals surface area contributed by atoms with Crippen LogP contribution in [0.25, 0.3) is 0 Å². The number of allylic oxidation sites excluding steroid dienone is 1. The van der Waals surface area contributed by atoms with Crippen LogP contribution in [0.4, 0.5) is 0 Å². The van der Waals surface area contributed by atoms with E-state index in [0.29, 0.717) is 0 Å². The Kier molecular flexibility index (Phi) is 6.04. The van der Waals surface area contributed by atoms with Gasteiger partial charge in [0.2, 0.25) is 5.91 Å². The molecule has 2 nitrogen and oxygen atoms in total. The summed E-state index contributed by atoms with van der Waals surface area (Å²) in [6.07, 6.45) is 9.59. The summed E-state index contributed by atoms with van der Waals surface area (Å²) in [6.45, 7) is 3.72. The number of amides is 1. The fourth-order valence-corrected chi connectivity index (χ4v) is 3.26. The van der Waals surface area contributed by atoms with Gasteiger partial charge in [0, 0.05) is 30.3 Å². The molecule has 0 atom stereocenters. The van der Waals surface area contributed by atoms with Crippen LogP contribution in [0.3, 0.4) is 0 Å². The molecule has 1 rings (SSSR count). The molecule has 1 aliphatic carbocycles. The van der Waals surface area contributed by atoms with Gasteiger partial charge in [0.15, 0.2) is 0 Å². The third kappa shape index (κ3) is 3.66. The van der Waals surface area contributed by atoms with Crippen LogP contribution in [0.15, 0.2) is 12.7 Å². The molecule has 1 N–H and O–H groups in total. The number of carbonyl (C=O) groups excluding carboxylic acids is 1. The van der Waals surface area contributed by atoms with Gasteiger partial charge >= 0.3 is 0 Å². The van der Waals surface area contributed by atoms with Crippen LogP contribution in [-0.2, 0) is 4.79 Å². The van der Waals surface area contributed by atoms with E-state index < -0.39 is 0 Å². The Morgan fingerprint density at radius 3 is 2.73 bits per heavy atom. The summed E-state index contributed by atoms with van der Waals surface area (Å²) in [5, 5.41) is 0. The minimum Gasteiger partial charge on any atom is -0.291 e. The lowest BCUT2D eigenvalue weighted by atomic mass is 9.80. The van der Waals surface area contributed by atoms with Gasteiger partial charge in [0.05, 0.1) is 5.41 Å². The molecule has 0 unspecified atom stereocenters. The highest BCUT2D eigenvalue weighted by molar-refractivity contribution is 14.2. The Morgan fingerprint density at radius 1 is 1.53 bits per heavy atom. The predicted octanol–water partition coefficient (Wildman–Crippen LogP) is 4.02. The van der Waals surface area contributed by atoms with Gasteiger partial charge in [-0.2, -0.15) is 0 Å². The molecule has 0 saturated heterocycles. The lowest BCUT2D eigenvalue weighted by molar-refractivity contribution is -0.129. The van der Waals surface area contributed by atoms with Crippen molar-refractivity contribution in [3.63, 3.8) is 0 Å². The molecular weight excluding hydrogens is 321 g/mol. The molecule has 0 radical (unpaired) electrons. The molecule has 0 heterocycles. The molecule has 0 spiro atoms. The van der Waals surface area contributed by atoms with Crippen molar-refractivity contribution < 1.29 is 4.79 Å². The van der Waals surface area contributed by atoms with Gasteiger partial charge < -0.3 is 0 Å². The second-order valence-corrected chi connectivity index (χ2v) is 5.86. The molecule has 0 aromatic carbocycles. The van der Waals surface area contributed by atoms with Crippen molar-refractivity contribution in [3.8, 4) is 0 Å². The Labute approximate surface area is 108 Å². The van der Waals surface area contributed by atoms with Crippen molar-refractivity contribution in [2.75, 3.05) is 0 Å². The van der Waals surface area contributed by atoms with E-state index in [0.717, 1.165) is 32.1 Å². The fourth-order valence-electron chi connectivity index (χ4n) is 2.37. The highest BCUT2D eigenvalue weighted by Crippen LogP contribution is 2.43. The zero-order valence-electron chi connectivity index (χ0n) is 8.93. The molecule has 15 heavy (non-hydrogen) atoms. The minimum atomic E-state index is -0.0683. The Balaban J connectivity index is 2.53. The lowest BCUT2D eigenvalue weighted by Gasteiger charge is -2.26. The molecule has 1 amide bonds. The molecule has 0 aromatic rings. The van der Waals surface area contributed by atoms with Gasteiger partial charge in [0.25, 0.3) is 0 Å². The first-order chi connectivity index (χ1) is 7.25. The smallest absolute Gasteiger partial charge is 0.236 e. The maximum Gasteiger partial charge on any atom is 0.236 e. The number of rotatable bonds is 6. The minimum absolute atomic E-state index is 0.0683. The summed E-state index contributed by atoms with van der Waals surface area (Å²) < 4.78 is 2.89. The van der Waals surface area contributed by atoms with Crippen molar-refractivity contribution in [2.45, 2.75) is 44.9 Å². The quantitative estimate of drug-likeness (QED) is 0.343. The number of hydrogen-bond donors (Lipinski definition) is 1. The van der Waals surface area contributed by atoms with Gasteiger partial charge in [0.1, 0.15) is 0 Å². The summed E-state index contributed by atoms with van der Waals surface area (Å²) in [5.41, 5.74) is -0.0683. The molecule has 1 fully saturated rings. The first kappa shape index (κ1) is 13.4. The van der Waals surface area contributed by atoms with Crippen LogP contribution < -0.4 is 4.72 Å². The highest BCUT2D eigenvalue weighted by Gasteiger charge is 2.40. The molecule has 4 heteroatoms. The van der Waals surface area contributed by atoms with Gasteiger partial charge in [-0.3, -0.25) is 9.52 Å². The lowest BCUT2D eigenvalue weighted by Crippen LogP contribution is -2.35. The maximum atomic E-state index is 12.0. The van der Waals surface area contributed by atoms with Crippen LogP contribution in [0.1, 0.15) is 44.9 Å². The first-order valence-corrected chi connectivity index (χ1v) is 8.80. The molecule has 0 bridgehead atoms. The Morgan fingerprint density at radius 2 is 2.20 bits per heavy atom. The first-order valence-electron chi connectivity index (χ1n) is 5.44. The highest BCUT2D eigenvalue weighted by atomic mass is 127. The number of carbonyl (C=O) groups is 1. The number of halogens is 1. The number of nitrogens with one attached hydrogen (secondary N) is 1. The van der Waals surface area contributed by atoms with Crippen LogP contribution >= 0.6 is 30.3 Å². The van der Waals surface area contributed by atoms with E-state index in [1.807, 2.05) is 6.08 Å². The predicted molar refractivity (Wildman–Crippen MR) is 74.7 cm³/mol. The summed E-state index contributed by atoms with van der Waals surface area (Å²) in [4.78, 5) is 12.0. The topological polar surface area (TPSA) is 29.1 Å². The molecule has 1 saturated carbocycles. The van der Waals surface area contributed by atoms with Crippen LogP contribution in [-0.4, -0.2) is 5.91 Å². The molecular formula is C11H18INOS. The Bertz CT molecular complexity index is 227. The van der Waals surface area contributed by atoms with Gasteiger partial charge in [-0.1, -0.05) is 18.9 Å². The van der Waals surface area contributed by atoms with E-state index in [2.05, 4.69) is 32.5 Å². The zero-order chi connectivity index (χ0) is 11.1. The van der Waals surface area contributed by atoms with E-state index in [-0.39, 0.29) is 11.3 Å². The monoisotopic (exact) mass is 339 g/mol. The zero-order valence-corrected chi connectivity index (χ0v) is 11.9. The number of hydrogen-bond acceptors (Lipinski definition) is 2. The van der Waals surface area contributed by atoms with Gasteiger partial charge in [-0.05, 0) is 32.1 Å². The third-order valence-corrected chi connectivity index (χ3v) is 4.16. The summed E-state index contributed by atoms with van der Waals surface area (Å²) in [5.74, 6) is 0.239. The summed E-state index contributed by atoms with van der Waals surface area (Å²) in [6, 6.07) is 0. The molecule has 1 aliphatic rings. The van der Waals surface area contributed by atoms with E-state index in [1.54, 1.807) is 0 Å². The molecule has 86 valence electrons. The summed E-state index contributed by atoms with van der Waals surface area (Å²) >= 11 is 2.11. The van der Waals surface area contributed by atoms with Gasteiger partial charge in [-0.25, -0.2) is 0 Å². The second kappa shape index (κ2) is 6.78. The van der Waals surface area contributed by atoms with E-state index in [1.165, 1.54) is 22.0 Å². The molecule has 0 aliphatic heterocycles. The van der Waals surface area contributed by atoms with Crippen molar-refractivity contribution in [2.24, 2.45) is 5.41 Å². The molecule has 0 aromatic heterocycles. The number of unbranched alkanes of at least 4 members (excludes halogenated alkanes) is 1. The van der Waals surface area contributed by atoms with Crippen molar-refractivity contribution in [1.82, 2.24) is 4.72 Å². The standard InChI is InChI=1S/C11H18INOS/c1-2-3-4-7-11(8-5-6-9-11)10(14)13-15-12/h2H,1,3-9H2,(H,13,14). The van der Waals surface area contributed by atoms with Crippen LogP contribution in [0.5, 0.6) is 0 Å². The largest absolute Gasteiger partial charge is 0.291 e. The Hall–Kier alpha value is 0.290. The van der Waals surface area contributed by atoms with Crippen LogP contribution in [0, 0.1) is 5.41 Å². The fraction of sp³-hybridized carbons (Fsp3) is 0.727. The average Bonchev–Trinajstić information content (AvgIpc) is 2.69.